The molecule has 3 heteroatoms. The van der Waals surface area contributed by atoms with E-state index in [4.69, 9.17) is 5.73 Å². The van der Waals surface area contributed by atoms with Crippen molar-refractivity contribution in [3.63, 3.8) is 0 Å². The fraction of sp³-hybridized carbons (Fsp3) is 0.267. The molecule has 2 N–H and O–H groups in total. The maximum absolute atomic E-state index is 11.7. The number of rotatable bonds is 3. The third-order valence-corrected chi connectivity index (χ3v) is 3.02. The first-order valence-corrected chi connectivity index (χ1v) is 6.11. The molecule has 3 nitrogen and oxygen atoms in total. The molecule has 0 spiro atoms. The van der Waals surface area contributed by atoms with Crippen molar-refractivity contribution in [2.45, 2.75) is 26.3 Å². The summed E-state index contributed by atoms with van der Waals surface area (Å²) in [6, 6.07) is 11.5. The highest BCUT2D eigenvalue weighted by Crippen LogP contribution is 2.15. The van der Waals surface area contributed by atoms with Gasteiger partial charge < -0.3 is 10.3 Å². The van der Waals surface area contributed by atoms with Crippen molar-refractivity contribution in [2.24, 2.45) is 0 Å². The quantitative estimate of drug-likeness (QED) is 0.899. The van der Waals surface area contributed by atoms with Gasteiger partial charge in [-0.15, -0.1) is 0 Å². The minimum atomic E-state index is -0.0667. The number of nitrogen functional groups attached to an aromatic ring is 1. The first kappa shape index (κ1) is 12.4. The van der Waals surface area contributed by atoms with Crippen LogP contribution < -0.4 is 11.3 Å². The highest BCUT2D eigenvalue weighted by Gasteiger charge is 2.01. The fourth-order valence-corrected chi connectivity index (χ4v) is 1.86. The molecular formula is C15H18N2O. The molecule has 0 atom stereocenters. The van der Waals surface area contributed by atoms with Crippen LogP contribution in [0, 0.1) is 0 Å². The van der Waals surface area contributed by atoms with Gasteiger partial charge in [-0.1, -0.05) is 38.1 Å². The zero-order valence-corrected chi connectivity index (χ0v) is 10.8. The van der Waals surface area contributed by atoms with Gasteiger partial charge in [0.05, 0.1) is 6.54 Å². The highest BCUT2D eigenvalue weighted by atomic mass is 16.1. The van der Waals surface area contributed by atoms with Crippen LogP contribution in [0.25, 0.3) is 0 Å². The number of nitrogens with two attached hydrogens (primary N) is 1. The van der Waals surface area contributed by atoms with Crippen LogP contribution in [0.5, 0.6) is 0 Å². The van der Waals surface area contributed by atoms with E-state index in [0.29, 0.717) is 18.2 Å². The van der Waals surface area contributed by atoms with Crippen LogP contribution in [0.15, 0.2) is 47.4 Å². The molecule has 0 fully saturated rings. The molecule has 0 aliphatic heterocycles. The van der Waals surface area contributed by atoms with Crippen LogP contribution in [-0.4, -0.2) is 4.57 Å². The van der Waals surface area contributed by atoms with E-state index in [1.165, 1.54) is 11.6 Å². The third-order valence-electron chi connectivity index (χ3n) is 3.02. The normalized spacial score (nSPS) is 10.8. The SMILES string of the molecule is CC(C)c1ccc(Cn2ccc(N)cc2=O)cc1. The zero-order chi connectivity index (χ0) is 13.1. The number of benzene rings is 1. The zero-order valence-electron chi connectivity index (χ0n) is 10.8. The Hall–Kier alpha value is -2.03. The molecule has 0 amide bonds. The summed E-state index contributed by atoms with van der Waals surface area (Å²) in [5, 5.41) is 0. The summed E-state index contributed by atoms with van der Waals surface area (Å²) < 4.78 is 1.65. The van der Waals surface area contributed by atoms with Gasteiger partial charge in [0.1, 0.15) is 0 Å². The molecule has 2 rings (SSSR count). The minimum Gasteiger partial charge on any atom is -0.399 e. The Balaban J connectivity index is 2.21. The Kier molecular flexibility index (Phi) is 3.51. The van der Waals surface area contributed by atoms with Gasteiger partial charge >= 0.3 is 0 Å². The lowest BCUT2D eigenvalue weighted by atomic mass is 10.0. The van der Waals surface area contributed by atoms with E-state index < -0.39 is 0 Å². The van der Waals surface area contributed by atoms with Crippen LogP contribution in [0.2, 0.25) is 0 Å². The summed E-state index contributed by atoms with van der Waals surface area (Å²) in [6.45, 7) is 4.91. The summed E-state index contributed by atoms with van der Waals surface area (Å²) in [6.07, 6.45) is 1.73. The van der Waals surface area contributed by atoms with Crippen LogP contribution in [-0.2, 0) is 6.54 Å². The summed E-state index contributed by atoms with van der Waals surface area (Å²) in [5.74, 6) is 0.526. The summed E-state index contributed by atoms with van der Waals surface area (Å²) in [7, 11) is 0. The molecule has 0 saturated carbocycles. The number of pyridine rings is 1. The number of hydrogen-bond donors (Lipinski definition) is 1. The van der Waals surface area contributed by atoms with Gasteiger partial charge in [0.2, 0.25) is 0 Å². The molecule has 0 aliphatic carbocycles. The van der Waals surface area contributed by atoms with E-state index in [1.54, 1.807) is 16.8 Å². The van der Waals surface area contributed by atoms with Crippen molar-refractivity contribution in [3.8, 4) is 0 Å². The van der Waals surface area contributed by atoms with E-state index in [9.17, 15) is 4.79 Å². The monoisotopic (exact) mass is 242 g/mol. The lowest BCUT2D eigenvalue weighted by Gasteiger charge is -2.08. The molecule has 0 bridgehead atoms. The van der Waals surface area contributed by atoms with Gasteiger partial charge in [-0.05, 0) is 23.1 Å². The van der Waals surface area contributed by atoms with Gasteiger partial charge in [0.25, 0.3) is 5.56 Å². The smallest absolute Gasteiger partial charge is 0.252 e. The van der Waals surface area contributed by atoms with Crippen molar-refractivity contribution < 1.29 is 0 Å². The Morgan fingerprint density at radius 3 is 2.39 bits per heavy atom. The van der Waals surface area contributed by atoms with Crippen molar-refractivity contribution in [3.05, 3.63) is 64.1 Å². The van der Waals surface area contributed by atoms with Gasteiger partial charge in [-0.3, -0.25) is 4.79 Å². The molecule has 2 aromatic rings. The van der Waals surface area contributed by atoms with Gasteiger partial charge in [-0.2, -0.15) is 0 Å². The topological polar surface area (TPSA) is 48.0 Å². The predicted octanol–water partition coefficient (Wildman–Crippen LogP) is 2.60. The average Bonchev–Trinajstić information content (AvgIpc) is 2.33. The lowest BCUT2D eigenvalue weighted by Crippen LogP contribution is -2.19. The molecule has 0 unspecified atom stereocenters. The van der Waals surface area contributed by atoms with Crippen LogP contribution in [0.4, 0.5) is 5.69 Å². The Morgan fingerprint density at radius 2 is 1.83 bits per heavy atom. The molecule has 0 aliphatic rings. The molecule has 1 heterocycles. The maximum atomic E-state index is 11.7. The Morgan fingerprint density at radius 1 is 1.17 bits per heavy atom. The largest absolute Gasteiger partial charge is 0.399 e. The predicted molar refractivity (Wildman–Crippen MR) is 74.7 cm³/mol. The van der Waals surface area contributed by atoms with E-state index in [2.05, 4.69) is 38.1 Å². The Bertz CT molecular complexity index is 582. The maximum Gasteiger partial charge on any atom is 0.252 e. The molecule has 1 aromatic carbocycles. The van der Waals surface area contributed by atoms with E-state index in [-0.39, 0.29) is 5.56 Å². The average molecular weight is 242 g/mol. The fourth-order valence-electron chi connectivity index (χ4n) is 1.86. The second-order valence-electron chi connectivity index (χ2n) is 4.82. The molecular weight excluding hydrogens is 224 g/mol. The van der Waals surface area contributed by atoms with Gasteiger partial charge in [0.15, 0.2) is 0 Å². The molecule has 0 saturated heterocycles. The lowest BCUT2D eigenvalue weighted by molar-refractivity contribution is 0.758. The highest BCUT2D eigenvalue weighted by molar-refractivity contribution is 5.34. The molecule has 0 radical (unpaired) electrons. The van der Waals surface area contributed by atoms with Crippen molar-refractivity contribution >= 4 is 5.69 Å². The number of anilines is 1. The molecule has 1 aromatic heterocycles. The first-order chi connectivity index (χ1) is 8.56. The van der Waals surface area contributed by atoms with Gasteiger partial charge in [0, 0.05) is 18.0 Å². The second kappa shape index (κ2) is 5.08. The van der Waals surface area contributed by atoms with E-state index >= 15 is 0 Å². The van der Waals surface area contributed by atoms with Crippen LogP contribution >= 0.6 is 0 Å². The number of hydrogen-bond acceptors (Lipinski definition) is 2. The number of nitrogens with zero attached hydrogens (tertiary/aromatic N) is 1. The van der Waals surface area contributed by atoms with Crippen LogP contribution in [0.3, 0.4) is 0 Å². The third kappa shape index (κ3) is 2.80. The summed E-state index contributed by atoms with van der Waals surface area (Å²) >= 11 is 0. The van der Waals surface area contributed by atoms with Crippen LogP contribution in [0.1, 0.15) is 30.9 Å². The number of aromatic nitrogens is 1. The first-order valence-electron chi connectivity index (χ1n) is 6.11. The molecule has 94 valence electrons. The standard InChI is InChI=1S/C15H18N2O/c1-11(2)13-5-3-12(4-6-13)10-17-8-7-14(16)9-15(17)18/h3-9,11H,10,16H2,1-2H3. The van der Waals surface area contributed by atoms with Gasteiger partial charge in [-0.25, -0.2) is 0 Å². The van der Waals surface area contributed by atoms with E-state index in [0.717, 1.165) is 5.56 Å². The minimum absolute atomic E-state index is 0.0667. The Labute approximate surface area is 107 Å². The molecule has 18 heavy (non-hydrogen) atoms. The van der Waals surface area contributed by atoms with Crippen molar-refractivity contribution in [1.29, 1.82) is 0 Å². The second-order valence-corrected chi connectivity index (χ2v) is 4.82. The summed E-state index contributed by atoms with van der Waals surface area (Å²) in [4.78, 5) is 11.7. The van der Waals surface area contributed by atoms with E-state index in [1.807, 2.05) is 0 Å². The van der Waals surface area contributed by atoms with Crippen molar-refractivity contribution in [2.75, 3.05) is 5.73 Å². The summed E-state index contributed by atoms with van der Waals surface area (Å²) in [5.41, 5.74) is 8.43. The van der Waals surface area contributed by atoms with Crippen molar-refractivity contribution in [1.82, 2.24) is 4.57 Å².